The summed E-state index contributed by atoms with van der Waals surface area (Å²) in [5.74, 6) is 1.08. The minimum absolute atomic E-state index is 0.226. The van der Waals surface area contributed by atoms with E-state index in [0.717, 1.165) is 49.6 Å². The number of benzene rings is 1. The van der Waals surface area contributed by atoms with Gasteiger partial charge in [-0.25, -0.2) is 9.97 Å². The van der Waals surface area contributed by atoms with Crippen LogP contribution in [0, 0.1) is 5.92 Å². The number of hydrogen-bond acceptors (Lipinski definition) is 6. The summed E-state index contributed by atoms with van der Waals surface area (Å²) in [6.07, 6.45) is 10.1. The number of fused-ring (bicyclic) bond motifs is 1. The number of pyridine rings is 1. The van der Waals surface area contributed by atoms with E-state index in [4.69, 9.17) is 0 Å². The molecule has 1 N–H and O–H groups in total. The summed E-state index contributed by atoms with van der Waals surface area (Å²) < 4.78 is 0. The first-order valence-corrected chi connectivity index (χ1v) is 11.1. The fourth-order valence-electron chi connectivity index (χ4n) is 4.83. The summed E-state index contributed by atoms with van der Waals surface area (Å²) in [6, 6.07) is 10.3. The van der Waals surface area contributed by atoms with E-state index in [1.807, 2.05) is 30.7 Å². The van der Waals surface area contributed by atoms with Crippen molar-refractivity contribution in [2.75, 3.05) is 31.1 Å². The van der Waals surface area contributed by atoms with Gasteiger partial charge in [-0.1, -0.05) is 18.2 Å². The van der Waals surface area contributed by atoms with Crippen molar-refractivity contribution < 1.29 is 5.11 Å². The average Bonchev–Trinajstić information content (AvgIpc) is 3.13. The minimum atomic E-state index is -0.314. The minimum Gasteiger partial charge on any atom is -0.391 e. The molecule has 4 heterocycles. The molecular formula is C24H29N5O. The number of likely N-dealkylation sites (tertiary alicyclic amines) is 1. The molecule has 0 amide bonds. The summed E-state index contributed by atoms with van der Waals surface area (Å²) in [6.45, 7) is 4.48. The zero-order valence-corrected chi connectivity index (χ0v) is 17.3. The van der Waals surface area contributed by atoms with Crippen molar-refractivity contribution in [2.45, 2.75) is 38.3 Å². The van der Waals surface area contributed by atoms with Gasteiger partial charge in [0.25, 0.3) is 0 Å². The van der Waals surface area contributed by atoms with Gasteiger partial charge >= 0.3 is 0 Å². The van der Waals surface area contributed by atoms with E-state index in [0.29, 0.717) is 6.54 Å². The molecular weight excluding hydrogens is 374 g/mol. The number of β-amino-alcohol motifs (C(OH)–C–C–N with tert-alkyl or cyclic N) is 1. The second kappa shape index (κ2) is 8.66. The van der Waals surface area contributed by atoms with Gasteiger partial charge in [0, 0.05) is 68.2 Å². The highest BCUT2D eigenvalue weighted by Crippen LogP contribution is 2.26. The summed E-state index contributed by atoms with van der Waals surface area (Å²) >= 11 is 0. The highest BCUT2D eigenvalue weighted by molar-refractivity contribution is 5.81. The fourth-order valence-corrected chi connectivity index (χ4v) is 4.83. The second-order valence-electron chi connectivity index (χ2n) is 8.65. The molecule has 2 aliphatic rings. The Morgan fingerprint density at radius 1 is 0.933 bits per heavy atom. The van der Waals surface area contributed by atoms with Crippen LogP contribution < -0.4 is 4.90 Å². The third-order valence-electron chi connectivity index (χ3n) is 6.44. The highest BCUT2D eigenvalue weighted by Gasteiger charge is 2.31. The van der Waals surface area contributed by atoms with Gasteiger partial charge in [-0.05, 0) is 43.4 Å². The van der Waals surface area contributed by atoms with Crippen molar-refractivity contribution in [1.82, 2.24) is 19.9 Å². The number of aliphatic hydroxyl groups excluding tert-OH is 1. The zero-order chi connectivity index (χ0) is 20.3. The van der Waals surface area contributed by atoms with Crippen LogP contribution in [-0.2, 0) is 13.0 Å². The van der Waals surface area contributed by atoms with Crippen LogP contribution in [0.1, 0.15) is 30.4 Å². The van der Waals surface area contributed by atoms with Gasteiger partial charge in [0.2, 0.25) is 5.95 Å². The number of piperidine rings is 1. The SMILES string of the molecule is O[C@@H]1CN(Cc2cnc(N3CCCCC3)nc2)C[C@H]1Cc1ccnc2ccccc12. The van der Waals surface area contributed by atoms with E-state index >= 15 is 0 Å². The first kappa shape index (κ1) is 19.4. The molecule has 30 heavy (non-hydrogen) atoms. The quantitative estimate of drug-likeness (QED) is 0.706. The van der Waals surface area contributed by atoms with Crippen molar-refractivity contribution >= 4 is 16.9 Å². The monoisotopic (exact) mass is 403 g/mol. The van der Waals surface area contributed by atoms with Crippen LogP contribution in [0.5, 0.6) is 0 Å². The van der Waals surface area contributed by atoms with Crippen molar-refractivity contribution in [3.8, 4) is 0 Å². The number of hydrogen-bond donors (Lipinski definition) is 1. The second-order valence-corrected chi connectivity index (χ2v) is 8.65. The summed E-state index contributed by atoms with van der Waals surface area (Å²) in [5, 5.41) is 11.9. The van der Waals surface area contributed by atoms with E-state index in [1.165, 1.54) is 30.2 Å². The molecule has 2 aliphatic heterocycles. The van der Waals surface area contributed by atoms with Crippen LogP contribution in [0.3, 0.4) is 0 Å². The van der Waals surface area contributed by atoms with Crippen molar-refractivity contribution in [2.24, 2.45) is 5.92 Å². The molecule has 2 fully saturated rings. The molecule has 156 valence electrons. The molecule has 2 atom stereocenters. The Kier molecular flexibility index (Phi) is 5.60. The van der Waals surface area contributed by atoms with Crippen LogP contribution >= 0.6 is 0 Å². The number of nitrogens with zero attached hydrogens (tertiary/aromatic N) is 5. The van der Waals surface area contributed by atoms with Gasteiger partial charge in [-0.2, -0.15) is 0 Å². The molecule has 6 heteroatoms. The Morgan fingerprint density at radius 2 is 1.73 bits per heavy atom. The number of rotatable bonds is 5. The third kappa shape index (κ3) is 4.16. The standard InChI is InChI=1S/C24H29N5O/c30-23-17-28(15-18-13-26-24(27-14-18)29-10-4-1-5-11-29)16-20(23)12-19-8-9-25-22-7-3-2-6-21(19)22/h2-3,6-9,13-14,20,23,30H,1,4-5,10-12,15-17H2/t20-,23-/m1/s1. The van der Waals surface area contributed by atoms with Crippen LogP contribution in [0.2, 0.25) is 0 Å². The molecule has 2 saturated heterocycles. The average molecular weight is 404 g/mol. The van der Waals surface area contributed by atoms with E-state index < -0.39 is 0 Å². The van der Waals surface area contributed by atoms with E-state index in [1.54, 1.807) is 0 Å². The van der Waals surface area contributed by atoms with Crippen molar-refractivity contribution in [3.05, 3.63) is 60.0 Å². The largest absolute Gasteiger partial charge is 0.391 e. The maximum atomic E-state index is 10.7. The molecule has 6 nitrogen and oxygen atoms in total. The summed E-state index contributed by atoms with van der Waals surface area (Å²) in [4.78, 5) is 18.3. The Balaban J connectivity index is 1.22. The molecule has 0 bridgehead atoms. The number of aromatic nitrogens is 3. The molecule has 0 unspecified atom stereocenters. The normalized spacial score (nSPS) is 22.6. The molecule has 0 radical (unpaired) electrons. The predicted molar refractivity (Wildman–Crippen MR) is 118 cm³/mol. The van der Waals surface area contributed by atoms with Gasteiger partial charge in [-0.15, -0.1) is 0 Å². The molecule has 2 aromatic heterocycles. The molecule has 0 aliphatic carbocycles. The first-order chi connectivity index (χ1) is 14.8. The lowest BCUT2D eigenvalue weighted by Gasteiger charge is -2.26. The lowest BCUT2D eigenvalue weighted by molar-refractivity contribution is 0.141. The van der Waals surface area contributed by atoms with Crippen LogP contribution in [0.25, 0.3) is 10.9 Å². The number of aliphatic hydroxyl groups is 1. The van der Waals surface area contributed by atoms with Crippen molar-refractivity contribution in [1.29, 1.82) is 0 Å². The van der Waals surface area contributed by atoms with E-state index in [9.17, 15) is 5.11 Å². The van der Waals surface area contributed by atoms with Crippen LogP contribution in [0.4, 0.5) is 5.95 Å². The number of para-hydroxylation sites is 1. The van der Waals surface area contributed by atoms with Crippen LogP contribution in [-0.4, -0.2) is 57.2 Å². The van der Waals surface area contributed by atoms with E-state index in [2.05, 4.69) is 43.0 Å². The molecule has 1 aromatic carbocycles. The van der Waals surface area contributed by atoms with Crippen LogP contribution in [0.15, 0.2) is 48.9 Å². The fraction of sp³-hybridized carbons (Fsp3) is 0.458. The van der Waals surface area contributed by atoms with E-state index in [-0.39, 0.29) is 12.0 Å². The third-order valence-corrected chi connectivity index (χ3v) is 6.44. The first-order valence-electron chi connectivity index (χ1n) is 11.1. The zero-order valence-electron chi connectivity index (χ0n) is 17.3. The topological polar surface area (TPSA) is 65.4 Å². The van der Waals surface area contributed by atoms with Gasteiger partial charge in [-0.3, -0.25) is 9.88 Å². The lowest BCUT2D eigenvalue weighted by atomic mass is 9.94. The molecule has 5 rings (SSSR count). The van der Waals surface area contributed by atoms with Gasteiger partial charge in [0.1, 0.15) is 0 Å². The highest BCUT2D eigenvalue weighted by atomic mass is 16.3. The van der Waals surface area contributed by atoms with Gasteiger partial charge in [0.05, 0.1) is 11.6 Å². The number of anilines is 1. The molecule has 0 saturated carbocycles. The Hall–Kier alpha value is -2.57. The Labute approximate surface area is 177 Å². The van der Waals surface area contributed by atoms with Crippen molar-refractivity contribution in [3.63, 3.8) is 0 Å². The maximum absolute atomic E-state index is 10.7. The Bertz CT molecular complexity index is 981. The van der Waals surface area contributed by atoms with Gasteiger partial charge in [0.15, 0.2) is 0 Å². The Morgan fingerprint density at radius 3 is 2.57 bits per heavy atom. The molecule has 3 aromatic rings. The summed E-state index contributed by atoms with van der Waals surface area (Å²) in [7, 11) is 0. The predicted octanol–water partition coefficient (Wildman–Crippen LogP) is 3.05. The van der Waals surface area contributed by atoms with Gasteiger partial charge < -0.3 is 10.0 Å². The maximum Gasteiger partial charge on any atom is 0.225 e. The smallest absolute Gasteiger partial charge is 0.225 e. The lowest BCUT2D eigenvalue weighted by Crippen LogP contribution is -2.31. The summed E-state index contributed by atoms with van der Waals surface area (Å²) in [5.41, 5.74) is 3.39. The molecule has 0 spiro atoms.